The van der Waals surface area contributed by atoms with Crippen LogP contribution in [0.2, 0.25) is 0 Å². The summed E-state index contributed by atoms with van der Waals surface area (Å²) in [6.45, 7) is 3.28. The number of aromatic nitrogens is 2. The molecule has 3 rings (SSSR count). The van der Waals surface area contributed by atoms with Gasteiger partial charge in [-0.15, -0.1) is 11.3 Å². The number of benzene rings is 1. The van der Waals surface area contributed by atoms with Crippen molar-refractivity contribution >= 4 is 39.1 Å². The number of nitrogens with zero attached hydrogens (tertiary/aromatic N) is 2. The average Bonchev–Trinajstić information content (AvgIpc) is 3.01. The van der Waals surface area contributed by atoms with Crippen LogP contribution in [0.3, 0.4) is 0 Å². The van der Waals surface area contributed by atoms with Crippen LogP contribution in [-0.4, -0.2) is 27.9 Å². The molecule has 0 aliphatic rings. The summed E-state index contributed by atoms with van der Waals surface area (Å²) in [5.41, 5.74) is 0.0640. The highest BCUT2D eigenvalue weighted by Gasteiger charge is 2.16. The maximum atomic E-state index is 13.6. The lowest BCUT2D eigenvalue weighted by molar-refractivity contribution is -0.124. The second-order valence-corrected chi connectivity index (χ2v) is 7.71. The van der Waals surface area contributed by atoms with Crippen molar-refractivity contribution in [2.45, 2.75) is 26.8 Å². The van der Waals surface area contributed by atoms with Crippen LogP contribution >= 0.6 is 11.3 Å². The fourth-order valence-corrected chi connectivity index (χ4v) is 3.72. The quantitative estimate of drug-likeness (QED) is 0.579. The summed E-state index contributed by atoms with van der Waals surface area (Å²) in [7, 11) is 0. The fraction of sp³-hybridized carbons (Fsp3) is 0.263. The Morgan fingerprint density at radius 2 is 1.87 bits per heavy atom. The van der Waals surface area contributed by atoms with E-state index in [2.05, 4.69) is 10.3 Å². The molecule has 0 aliphatic heterocycles. The Morgan fingerprint density at radius 1 is 1.13 bits per heavy atom. The Bertz CT molecular complexity index is 1210. The lowest BCUT2D eigenvalue weighted by Crippen LogP contribution is -2.34. The molecule has 158 valence electrons. The van der Waals surface area contributed by atoms with Crippen molar-refractivity contribution < 1.29 is 22.8 Å². The van der Waals surface area contributed by atoms with E-state index in [1.54, 1.807) is 0 Å². The molecule has 3 aromatic rings. The van der Waals surface area contributed by atoms with Crippen molar-refractivity contribution in [3.63, 3.8) is 0 Å². The third kappa shape index (κ3) is 4.35. The third-order valence-electron chi connectivity index (χ3n) is 4.49. The van der Waals surface area contributed by atoms with E-state index >= 15 is 0 Å². The molecule has 7 nitrogen and oxygen atoms in total. The highest BCUT2D eigenvalue weighted by molar-refractivity contribution is 7.18. The molecule has 0 aliphatic carbocycles. The predicted molar refractivity (Wildman–Crippen MR) is 106 cm³/mol. The maximum absolute atomic E-state index is 13.6. The number of thiophene rings is 1. The summed E-state index contributed by atoms with van der Waals surface area (Å²) < 4.78 is 40.9. The predicted octanol–water partition coefficient (Wildman–Crippen LogP) is 2.64. The van der Waals surface area contributed by atoms with Gasteiger partial charge in [0.05, 0.1) is 23.9 Å². The number of anilines is 1. The third-order valence-corrected chi connectivity index (χ3v) is 5.61. The molecular formula is C19H17F3N4O3S. The number of hydrogen-bond acceptors (Lipinski definition) is 5. The minimum Gasteiger partial charge on any atom is -0.347 e. The van der Waals surface area contributed by atoms with Crippen LogP contribution in [0, 0.1) is 31.3 Å². The lowest BCUT2D eigenvalue weighted by Gasteiger charge is -2.09. The molecule has 0 atom stereocenters. The van der Waals surface area contributed by atoms with Gasteiger partial charge in [0.25, 0.3) is 5.56 Å². The number of hydrogen-bond donors (Lipinski definition) is 2. The number of fused-ring (bicyclic) bond motifs is 1. The van der Waals surface area contributed by atoms with Crippen LogP contribution in [0.4, 0.5) is 18.9 Å². The van der Waals surface area contributed by atoms with Gasteiger partial charge in [-0.3, -0.25) is 19.0 Å². The van der Waals surface area contributed by atoms with Crippen LogP contribution in [0.15, 0.2) is 23.3 Å². The van der Waals surface area contributed by atoms with E-state index in [4.69, 9.17) is 0 Å². The second-order valence-electron chi connectivity index (χ2n) is 6.50. The van der Waals surface area contributed by atoms with Gasteiger partial charge < -0.3 is 10.6 Å². The summed E-state index contributed by atoms with van der Waals surface area (Å²) in [5, 5.41) is 4.88. The van der Waals surface area contributed by atoms with E-state index in [0.29, 0.717) is 16.3 Å². The number of carbonyl (C=O) groups excluding carboxylic acids is 2. The zero-order valence-electron chi connectivity index (χ0n) is 16.0. The molecule has 2 aromatic heterocycles. The van der Waals surface area contributed by atoms with E-state index in [1.807, 2.05) is 19.2 Å². The number of carbonyl (C=O) groups is 2. The standard InChI is InChI=1S/C19H17F3N4O3S/c1-9-10(2)30-18-15(9)19(29)26(8-24-18)6-5-13(27)23-7-14(28)25-12-4-3-11(20)16(21)17(12)22/h3-4,8H,5-7H2,1-2H3,(H,23,27)(H,25,28). The molecule has 0 saturated heterocycles. The maximum Gasteiger partial charge on any atom is 0.262 e. The van der Waals surface area contributed by atoms with Crippen LogP contribution in [0.1, 0.15) is 16.9 Å². The second kappa shape index (κ2) is 8.66. The van der Waals surface area contributed by atoms with E-state index in [0.717, 1.165) is 16.5 Å². The van der Waals surface area contributed by atoms with Gasteiger partial charge in [-0.2, -0.15) is 0 Å². The summed E-state index contributed by atoms with van der Waals surface area (Å²) in [4.78, 5) is 42.2. The Hall–Kier alpha value is -3.21. The van der Waals surface area contributed by atoms with Gasteiger partial charge in [0.2, 0.25) is 11.8 Å². The van der Waals surface area contributed by atoms with Gasteiger partial charge >= 0.3 is 0 Å². The van der Waals surface area contributed by atoms with E-state index < -0.39 is 41.5 Å². The van der Waals surface area contributed by atoms with Crippen molar-refractivity contribution in [1.82, 2.24) is 14.9 Å². The fourth-order valence-electron chi connectivity index (χ4n) is 2.74. The normalized spacial score (nSPS) is 11.0. The Labute approximate surface area is 172 Å². The Morgan fingerprint density at radius 3 is 2.60 bits per heavy atom. The zero-order chi connectivity index (χ0) is 22.0. The number of rotatable bonds is 6. The molecule has 0 unspecified atom stereocenters. The van der Waals surface area contributed by atoms with Crippen molar-refractivity contribution in [1.29, 1.82) is 0 Å². The van der Waals surface area contributed by atoms with Crippen LogP contribution in [-0.2, 0) is 16.1 Å². The number of halogens is 3. The number of amides is 2. The number of nitrogens with one attached hydrogen (secondary N) is 2. The number of aryl methyl sites for hydroxylation is 3. The highest BCUT2D eigenvalue weighted by atomic mass is 32.1. The molecule has 2 amide bonds. The first kappa shape index (κ1) is 21.5. The molecule has 30 heavy (non-hydrogen) atoms. The molecule has 0 spiro atoms. The van der Waals surface area contributed by atoms with Crippen LogP contribution in [0.5, 0.6) is 0 Å². The van der Waals surface area contributed by atoms with Crippen molar-refractivity contribution in [3.05, 3.63) is 56.7 Å². The van der Waals surface area contributed by atoms with E-state index in [-0.39, 0.29) is 18.5 Å². The van der Waals surface area contributed by atoms with Crippen LogP contribution < -0.4 is 16.2 Å². The van der Waals surface area contributed by atoms with Gasteiger partial charge in [0, 0.05) is 17.8 Å². The molecule has 0 radical (unpaired) electrons. The van der Waals surface area contributed by atoms with Gasteiger partial charge in [-0.1, -0.05) is 0 Å². The van der Waals surface area contributed by atoms with Crippen molar-refractivity contribution in [2.75, 3.05) is 11.9 Å². The smallest absolute Gasteiger partial charge is 0.262 e. The minimum atomic E-state index is -1.70. The van der Waals surface area contributed by atoms with Crippen LogP contribution in [0.25, 0.3) is 10.2 Å². The first-order valence-corrected chi connectivity index (χ1v) is 9.66. The molecule has 1 aromatic carbocycles. The van der Waals surface area contributed by atoms with Gasteiger partial charge in [0.1, 0.15) is 4.83 Å². The molecular weight excluding hydrogens is 421 g/mol. The summed E-state index contributed by atoms with van der Waals surface area (Å²) >= 11 is 1.42. The molecule has 2 heterocycles. The molecule has 2 N–H and O–H groups in total. The van der Waals surface area contributed by atoms with E-state index in [1.165, 1.54) is 22.2 Å². The van der Waals surface area contributed by atoms with Crippen molar-refractivity contribution in [2.24, 2.45) is 0 Å². The monoisotopic (exact) mass is 438 g/mol. The SMILES string of the molecule is Cc1sc2ncn(CCC(=O)NCC(=O)Nc3ccc(F)c(F)c3F)c(=O)c2c1C. The molecule has 0 saturated carbocycles. The van der Waals surface area contributed by atoms with E-state index in [9.17, 15) is 27.6 Å². The Kier molecular flexibility index (Phi) is 6.20. The largest absolute Gasteiger partial charge is 0.347 e. The minimum absolute atomic E-state index is 0.0569. The summed E-state index contributed by atoms with van der Waals surface area (Å²) in [6.07, 6.45) is 1.27. The summed E-state index contributed by atoms with van der Waals surface area (Å²) in [6, 6.07) is 1.54. The van der Waals surface area contributed by atoms with Crippen molar-refractivity contribution in [3.8, 4) is 0 Å². The Balaban J connectivity index is 1.55. The topological polar surface area (TPSA) is 93.1 Å². The zero-order valence-corrected chi connectivity index (χ0v) is 16.8. The first-order chi connectivity index (χ1) is 14.2. The molecule has 0 bridgehead atoms. The first-order valence-electron chi connectivity index (χ1n) is 8.84. The molecule has 0 fully saturated rings. The van der Waals surface area contributed by atoms with Gasteiger partial charge in [-0.05, 0) is 31.5 Å². The summed E-state index contributed by atoms with van der Waals surface area (Å²) in [5.74, 6) is -5.96. The van der Waals surface area contributed by atoms with Gasteiger partial charge in [0.15, 0.2) is 17.5 Å². The average molecular weight is 438 g/mol. The molecule has 11 heteroatoms. The highest BCUT2D eigenvalue weighted by Crippen LogP contribution is 2.25. The van der Waals surface area contributed by atoms with Gasteiger partial charge in [-0.25, -0.2) is 18.2 Å². The lowest BCUT2D eigenvalue weighted by atomic mass is 10.2.